The predicted octanol–water partition coefficient (Wildman–Crippen LogP) is 4.70. The molecule has 1 aromatic heterocycles. The van der Waals surface area contributed by atoms with Gasteiger partial charge < -0.3 is 10.6 Å². The number of hydrogen-bond donors (Lipinski definition) is 3. The summed E-state index contributed by atoms with van der Waals surface area (Å²) in [5, 5.41) is 5.85. The summed E-state index contributed by atoms with van der Waals surface area (Å²) in [5.74, 6) is 0.150. The molecule has 3 N–H and O–H groups in total. The van der Waals surface area contributed by atoms with E-state index in [1.165, 1.54) is 31.2 Å². The van der Waals surface area contributed by atoms with Gasteiger partial charge in [0, 0.05) is 18.3 Å². The standard InChI is InChI=1S/C24H23N5O3S/c1-3-17-8-4-5-9-20(17)26-23-24(28-22-11-7-6-10-21(22)27-23)29-33(31,32)19-14-12-18(13-15-19)25-16(2)30/h4-15H,3H2,1-2H3,(H,25,30)(H,26,27)(H,28,29). The maximum Gasteiger partial charge on any atom is 0.263 e. The highest BCUT2D eigenvalue weighted by molar-refractivity contribution is 7.92. The zero-order valence-electron chi connectivity index (χ0n) is 18.2. The van der Waals surface area contributed by atoms with Gasteiger partial charge in [-0.05, 0) is 54.4 Å². The first-order valence-electron chi connectivity index (χ1n) is 10.4. The van der Waals surface area contributed by atoms with E-state index in [0.717, 1.165) is 17.7 Å². The van der Waals surface area contributed by atoms with Gasteiger partial charge in [0.15, 0.2) is 11.6 Å². The van der Waals surface area contributed by atoms with Crippen LogP contribution in [0.5, 0.6) is 0 Å². The third-order valence-corrected chi connectivity index (χ3v) is 6.29. The smallest absolute Gasteiger partial charge is 0.263 e. The number of anilines is 4. The van der Waals surface area contributed by atoms with Crippen molar-refractivity contribution in [3.63, 3.8) is 0 Å². The van der Waals surface area contributed by atoms with Crippen molar-refractivity contribution in [2.24, 2.45) is 0 Å². The molecule has 8 nitrogen and oxygen atoms in total. The van der Waals surface area contributed by atoms with Crippen LogP contribution in [0.3, 0.4) is 0 Å². The fraction of sp³-hybridized carbons (Fsp3) is 0.125. The second-order valence-electron chi connectivity index (χ2n) is 7.36. The van der Waals surface area contributed by atoms with Crippen LogP contribution in [-0.2, 0) is 21.2 Å². The van der Waals surface area contributed by atoms with Crippen LogP contribution in [0.1, 0.15) is 19.4 Å². The van der Waals surface area contributed by atoms with Crippen molar-refractivity contribution in [2.75, 3.05) is 15.4 Å². The molecule has 0 aliphatic heterocycles. The molecule has 9 heteroatoms. The second-order valence-corrected chi connectivity index (χ2v) is 9.04. The van der Waals surface area contributed by atoms with Crippen LogP contribution in [0.2, 0.25) is 0 Å². The Morgan fingerprint density at radius 3 is 2.09 bits per heavy atom. The molecule has 0 fully saturated rings. The van der Waals surface area contributed by atoms with E-state index in [2.05, 4.69) is 25.3 Å². The fourth-order valence-electron chi connectivity index (χ4n) is 3.34. The van der Waals surface area contributed by atoms with Crippen molar-refractivity contribution < 1.29 is 13.2 Å². The monoisotopic (exact) mass is 461 g/mol. The number of nitrogens with zero attached hydrogens (tertiary/aromatic N) is 2. The molecule has 4 rings (SSSR count). The fourth-order valence-corrected chi connectivity index (χ4v) is 4.35. The lowest BCUT2D eigenvalue weighted by Crippen LogP contribution is -2.16. The van der Waals surface area contributed by atoms with Gasteiger partial charge in [0.05, 0.1) is 15.9 Å². The number of amides is 1. The first kappa shape index (κ1) is 22.2. The van der Waals surface area contributed by atoms with Gasteiger partial charge in [-0.25, -0.2) is 18.4 Å². The van der Waals surface area contributed by atoms with Gasteiger partial charge in [-0.2, -0.15) is 0 Å². The number of nitrogens with one attached hydrogen (secondary N) is 3. The van der Waals surface area contributed by atoms with Crippen molar-refractivity contribution in [3.8, 4) is 0 Å². The molecule has 0 radical (unpaired) electrons. The highest BCUT2D eigenvalue weighted by Crippen LogP contribution is 2.29. The van der Waals surface area contributed by atoms with Crippen LogP contribution < -0.4 is 15.4 Å². The van der Waals surface area contributed by atoms with Gasteiger partial charge in [-0.3, -0.25) is 9.52 Å². The molecule has 1 heterocycles. The summed E-state index contributed by atoms with van der Waals surface area (Å²) < 4.78 is 28.8. The molecule has 0 spiro atoms. The molecule has 0 bridgehead atoms. The number of sulfonamides is 1. The molecular weight excluding hydrogens is 438 g/mol. The highest BCUT2D eigenvalue weighted by atomic mass is 32.2. The minimum atomic E-state index is -3.96. The number of carbonyl (C=O) groups is 1. The average molecular weight is 462 g/mol. The summed E-state index contributed by atoms with van der Waals surface area (Å²) >= 11 is 0. The molecule has 0 aliphatic carbocycles. The van der Waals surface area contributed by atoms with Gasteiger partial charge in [-0.1, -0.05) is 37.3 Å². The number of carbonyl (C=O) groups excluding carboxylic acids is 1. The molecule has 168 valence electrons. The minimum Gasteiger partial charge on any atom is -0.337 e. The minimum absolute atomic E-state index is 0.0338. The van der Waals surface area contributed by atoms with E-state index in [1.807, 2.05) is 49.4 Å². The van der Waals surface area contributed by atoms with E-state index in [1.54, 1.807) is 6.07 Å². The van der Waals surface area contributed by atoms with E-state index in [-0.39, 0.29) is 16.6 Å². The van der Waals surface area contributed by atoms with Crippen molar-refractivity contribution in [2.45, 2.75) is 25.2 Å². The van der Waals surface area contributed by atoms with Crippen molar-refractivity contribution in [3.05, 3.63) is 78.4 Å². The van der Waals surface area contributed by atoms with E-state index in [4.69, 9.17) is 0 Å². The third kappa shape index (κ3) is 5.09. The molecule has 33 heavy (non-hydrogen) atoms. The van der Waals surface area contributed by atoms with Gasteiger partial charge in [0.1, 0.15) is 0 Å². The Morgan fingerprint density at radius 1 is 0.848 bits per heavy atom. The van der Waals surface area contributed by atoms with Crippen LogP contribution in [0.15, 0.2) is 77.7 Å². The zero-order chi connectivity index (χ0) is 23.4. The summed E-state index contributed by atoms with van der Waals surface area (Å²) in [6.45, 7) is 3.43. The molecule has 0 saturated heterocycles. The third-order valence-electron chi connectivity index (χ3n) is 4.94. The van der Waals surface area contributed by atoms with E-state index in [0.29, 0.717) is 22.5 Å². The van der Waals surface area contributed by atoms with E-state index < -0.39 is 10.0 Å². The maximum absolute atomic E-state index is 13.1. The Balaban J connectivity index is 1.72. The van der Waals surface area contributed by atoms with Gasteiger partial charge in [0.2, 0.25) is 5.91 Å². The Kier molecular flexibility index (Phi) is 6.23. The van der Waals surface area contributed by atoms with Gasteiger partial charge in [0.25, 0.3) is 10.0 Å². The number of aromatic nitrogens is 2. The summed E-state index contributed by atoms with van der Waals surface area (Å²) in [5.41, 5.74) is 3.59. The molecule has 0 unspecified atom stereocenters. The Labute approximate surface area is 192 Å². The molecule has 1 amide bonds. The van der Waals surface area contributed by atoms with Crippen LogP contribution >= 0.6 is 0 Å². The number of hydrogen-bond acceptors (Lipinski definition) is 6. The van der Waals surface area contributed by atoms with Crippen molar-refractivity contribution in [1.29, 1.82) is 0 Å². The zero-order valence-corrected chi connectivity index (χ0v) is 19.0. The first-order chi connectivity index (χ1) is 15.9. The van der Waals surface area contributed by atoms with Gasteiger partial charge >= 0.3 is 0 Å². The SMILES string of the molecule is CCc1ccccc1Nc1nc2ccccc2nc1NS(=O)(=O)c1ccc(NC(C)=O)cc1. The molecular formula is C24H23N5O3S. The molecule has 4 aromatic rings. The molecule has 0 atom stereocenters. The lowest BCUT2D eigenvalue weighted by atomic mass is 10.1. The molecule has 0 aliphatic rings. The highest BCUT2D eigenvalue weighted by Gasteiger charge is 2.19. The Bertz CT molecular complexity index is 1420. The van der Waals surface area contributed by atoms with Crippen LogP contribution in [0, 0.1) is 0 Å². The molecule has 0 saturated carbocycles. The lowest BCUT2D eigenvalue weighted by molar-refractivity contribution is -0.114. The van der Waals surface area contributed by atoms with E-state index >= 15 is 0 Å². The summed E-state index contributed by atoms with van der Waals surface area (Å²) in [6, 6.07) is 20.9. The topological polar surface area (TPSA) is 113 Å². The number of aryl methyl sites for hydroxylation is 1. The molecule has 3 aromatic carbocycles. The summed E-state index contributed by atoms with van der Waals surface area (Å²) in [4.78, 5) is 20.4. The quantitative estimate of drug-likeness (QED) is 0.368. The Morgan fingerprint density at radius 2 is 1.45 bits per heavy atom. The maximum atomic E-state index is 13.1. The number of fused-ring (bicyclic) bond motifs is 1. The van der Waals surface area contributed by atoms with Crippen LogP contribution in [0.25, 0.3) is 11.0 Å². The van der Waals surface area contributed by atoms with Crippen molar-refractivity contribution >= 4 is 50.0 Å². The predicted molar refractivity (Wildman–Crippen MR) is 130 cm³/mol. The Hall–Kier alpha value is -3.98. The largest absolute Gasteiger partial charge is 0.337 e. The number of para-hydroxylation sites is 3. The van der Waals surface area contributed by atoms with Crippen molar-refractivity contribution in [1.82, 2.24) is 9.97 Å². The average Bonchev–Trinajstić information content (AvgIpc) is 2.79. The van der Waals surface area contributed by atoms with E-state index in [9.17, 15) is 13.2 Å². The van der Waals surface area contributed by atoms with Gasteiger partial charge in [-0.15, -0.1) is 0 Å². The number of benzene rings is 3. The summed E-state index contributed by atoms with van der Waals surface area (Å²) in [6.07, 6.45) is 0.798. The number of rotatable bonds is 7. The summed E-state index contributed by atoms with van der Waals surface area (Å²) in [7, 11) is -3.96. The van der Waals surface area contributed by atoms with Crippen LogP contribution in [-0.4, -0.2) is 24.3 Å². The second kappa shape index (κ2) is 9.25. The van der Waals surface area contributed by atoms with Crippen LogP contribution in [0.4, 0.5) is 23.0 Å². The first-order valence-corrected chi connectivity index (χ1v) is 11.9. The normalized spacial score (nSPS) is 11.2. The lowest BCUT2D eigenvalue weighted by Gasteiger charge is -2.15.